The lowest BCUT2D eigenvalue weighted by Crippen LogP contribution is -2.45. The van der Waals surface area contributed by atoms with Crippen LogP contribution in [0.15, 0.2) is 24.3 Å². The minimum absolute atomic E-state index is 0.0643. The number of ether oxygens (including phenoxy) is 2. The zero-order chi connectivity index (χ0) is 16.9. The van der Waals surface area contributed by atoms with Gasteiger partial charge in [0.05, 0.1) is 13.2 Å². The molecule has 2 atom stereocenters. The zero-order valence-electron chi connectivity index (χ0n) is 12.7. The molecule has 8 heteroatoms. The van der Waals surface area contributed by atoms with Gasteiger partial charge in [0.1, 0.15) is 5.75 Å². The molecule has 23 heavy (non-hydrogen) atoms. The molecule has 2 rings (SSSR count). The van der Waals surface area contributed by atoms with E-state index in [1.54, 1.807) is 0 Å². The summed E-state index contributed by atoms with van der Waals surface area (Å²) in [6.45, 7) is 0.810. The van der Waals surface area contributed by atoms with Gasteiger partial charge in [-0.3, -0.25) is 0 Å². The van der Waals surface area contributed by atoms with Gasteiger partial charge >= 0.3 is 12.2 Å². The summed E-state index contributed by atoms with van der Waals surface area (Å²) >= 11 is 0. The first-order valence-corrected chi connectivity index (χ1v) is 7.27. The van der Waals surface area contributed by atoms with Gasteiger partial charge in [0.2, 0.25) is 0 Å². The molecule has 1 fully saturated rings. The van der Waals surface area contributed by atoms with Crippen molar-refractivity contribution in [3.05, 3.63) is 29.8 Å². The first kappa shape index (κ1) is 17.4. The number of urea groups is 1. The number of hydrogen-bond donors (Lipinski definition) is 2. The highest BCUT2D eigenvalue weighted by Crippen LogP contribution is 2.33. The van der Waals surface area contributed by atoms with E-state index in [0.29, 0.717) is 12.4 Å². The number of alkyl halides is 3. The van der Waals surface area contributed by atoms with E-state index in [1.807, 2.05) is 5.32 Å². The fourth-order valence-electron chi connectivity index (χ4n) is 2.34. The molecule has 0 spiro atoms. The average molecular weight is 332 g/mol. The fraction of sp³-hybridized carbons (Fsp3) is 0.533. The van der Waals surface area contributed by atoms with Crippen molar-refractivity contribution in [1.82, 2.24) is 10.6 Å². The van der Waals surface area contributed by atoms with Crippen molar-refractivity contribution in [1.29, 1.82) is 0 Å². The highest BCUT2D eigenvalue weighted by Gasteiger charge is 2.42. The summed E-state index contributed by atoms with van der Waals surface area (Å²) in [5.74, 6) is 0.442. The van der Waals surface area contributed by atoms with Crippen LogP contribution in [0.1, 0.15) is 24.4 Å². The minimum Gasteiger partial charge on any atom is -0.497 e. The summed E-state index contributed by atoms with van der Waals surface area (Å²) in [6, 6.07) is 2.42. The smallest absolute Gasteiger partial charge is 0.412 e. The summed E-state index contributed by atoms with van der Waals surface area (Å²) in [5.41, 5.74) is -0.0643. The Morgan fingerprint density at radius 1 is 1.39 bits per heavy atom. The molecular formula is C15H19F3N2O3. The Morgan fingerprint density at radius 3 is 2.61 bits per heavy atom. The van der Waals surface area contributed by atoms with E-state index in [2.05, 4.69) is 5.32 Å². The Kier molecular flexibility index (Phi) is 5.70. The largest absolute Gasteiger partial charge is 0.497 e. The molecular weight excluding hydrogens is 313 g/mol. The highest BCUT2D eigenvalue weighted by molar-refractivity contribution is 5.74. The molecule has 1 aromatic carbocycles. The number of hydrogen-bond acceptors (Lipinski definition) is 3. The third kappa shape index (κ3) is 5.02. The molecule has 5 nitrogen and oxygen atoms in total. The molecule has 128 valence electrons. The van der Waals surface area contributed by atoms with Crippen molar-refractivity contribution in [2.24, 2.45) is 0 Å². The molecule has 0 aliphatic carbocycles. The van der Waals surface area contributed by atoms with Crippen LogP contribution in [0.5, 0.6) is 5.75 Å². The van der Waals surface area contributed by atoms with Crippen LogP contribution >= 0.6 is 0 Å². The minimum atomic E-state index is -4.60. The molecule has 1 aromatic rings. The van der Waals surface area contributed by atoms with Crippen molar-refractivity contribution < 1.29 is 27.4 Å². The van der Waals surface area contributed by atoms with E-state index >= 15 is 0 Å². The van der Waals surface area contributed by atoms with Crippen LogP contribution in [0.4, 0.5) is 18.0 Å². The van der Waals surface area contributed by atoms with Crippen molar-refractivity contribution in [3.63, 3.8) is 0 Å². The SMILES string of the molecule is COc1ccc([C@H](NC(=O)NC[C@@H]2CCCO2)C(F)(F)F)cc1. The molecule has 1 saturated heterocycles. The number of amides is 2. The lowest BCUT2D eigenvalue weighted by Gasteiger charge is -2.23. The number of methoxy groups -OCH3 is 1. The summed E-state index contributed by atoms with van der Waals surface area (Å²) in [7, 11) is 1.42. The van der Waals surface area contributed by atoms with Gasteiger partial charge in [0.25, 0.3) is 0 Å². The highest BCUT2D eigenvalue weighted by atomic mass is 19.4. The number of carbonyl (C=O) groups is 1. The predicted molar refractivity (Wildman–Crippen MR) is 77.3 cm³/mol. The van der Waals surface area contributed by atoms with Gasteiger partial charge < -0.3 is 20.1 Å². The van der Waals surface area contributed by atoms with Gasteiger partial charge in [-0.05, 0) is 30.5 Å². The molecule has 0 saturated carbocycles. The van der Waals surface area contributed by atoms with Crippen LogP contribution in [-0.2, 0) is 4.74 Å². The van der Waals surface area contributed by atoms with E-state index in [9.17, 15) is 18.0 Å². The second kappa shape index (κ2) is 7.54. The second-order valence-electron chi connectivity index (χ2n) is 5.24. The Labute approximate surface area is 132 Å². The number of nitrogens with one attached hydrogen (secondary N) is 2. The lowest BCUT2D eigenvalue weighted by molar-refractivity contribution is -0.154. The molecule has 1 heterocycles. The van der Waals surface area contributed by atoms with E-state index in [0.717, 1.165) is 12.8 Å². The van der Waals surface area contributed by atoms with Crippen LogP contribution in [0, 0.1) is 0 Å². The van der Waals surface area contributed by atoms with Crippen molar-refractivity contribution >= 4 is 6.03 Å². The summed E-state index contributed by atoms with van der Waals surface area (Å²) < 4.78 is 49.8. The van der Waals surface area contributed by atoms with Gasteiger partial charge in [-0.25, -0.2) is 4.79 Å². The second-order valence-corrected chi connectivity index (χ2v) is 5.24. The van der Waals surface area contributed by atoms with E-state index in [4.69, 9.17) is 9.47 Å². The predicted octanol–water partition coefficient (Wildman–Crippen LogP) is 2.78. The maximum atomic E-state index is 13.2. The molecule has 0 unspecified atom stereocenters. The van der Waals surface area contributed by atoms with Crippen LogP contribution < -0.4 is 15.4 Å². The summed E-state index contributed by atoms with van der Waals surface area (Å²) in [5, 5.41) is 4.38. The van der Waals surface area contributed by atoms with E-state index in [1.165, 1.54) is 31.4 Å². The van der Waals surface area contributed by atoms with Gasteiger partial charge in [-0.1, -0.05) is 12.1 Å². The molecule has 0 aromatic heterocycles. The van der Waals surface area contributed by atoms with Crippen LogP contribution in [0.3, 0.4) is 0 Å². The first-order chi connectivity index (χ1) is 10.9. The first-order valence-electron chi connectivity index (χ1n) is 7.27. The number of carbonyl (C=O) groups excluding carboxylic acids is 1. The Balaban J connectivity index is 1.98. The number of benzene rings is 1. The summed E-state index contributed by atoms with van der Waals surface area (Å²) in [6.07, 6.45) is -3.05. The molecule has 1 aliphatic rings. The van der Waals surface area contributed by atoms with Gasteiger partial charge in [-0.15, -0.1) is 0 Å². The molecule has 2 N–H and O–H groups in total. The summed E-state index contributed by atoms with van der Waals surface area (Å²) in [4.78, 5) is 11.8. The Morgan fingerprint density at radius 2 is 2.09 bits per heavy atom. The molecule has 0 bridgehead atoms. The van der Waals surface area contributed by atoms with Crippen molar-refractivity contribution in [2.75, 3.05) is 20.3 Å². The molecule has 1 aliphatic heterocycles. The number of halogens is 3. The molecule has 0 radical (unpaired) electrons. The lowest BCUT2D eigenvalue weighted by atomic mass is 10.1. The third-order valence-corrected chi connectivity index (χ3v) is 3.57. The maximum Gasteiger partial charge on any atom is 0.412 e. The van der Waals surface area contributed by atoms with E-state index in [-0.39, 0.29) is 18.2 Å². The van der Waals surface area contributed by atoms with Gasteiger partial charge in [0, 0.05) is 13.2 Å². The van der Waals surface area contributed by atoms with Gasteiger partial charge in [0.15, 0.2) is 6.04 Å². The maximum absolute atomic E-state index is 13.2. The fourth-order valence-corrected chi connectivity index (χ4v) is 2.34. The quantitative estimate of drug-likeness (QED) is 0.872. The zero-order valence-corrected chi connectivity index (χ0v) is 12.7. The number of rotatable bonds is 5. The monoisotopic (exact) mass is 332 g/mol. The standard InChI is InChI=1S/C15H19F3N2O3/c1-22-11-6-4-10(5-7-11)13(15(16,17)18)20-14(21)19-9-12-3-2-8-23-12/h4-7,12-13H,2-3,8-9H2,1H3,(H2,19,20,21)/t12-,13-/m0/s1. The topological polar surface area (TPSA) is 59.6 Å². The Bertz CT molecular complexity index is 514. The normalized spacial score (nSPS) is 19.2. The van der Waals surface area contributed by atoms with Gasteiger partial charge in [-0.2, -0.15) is 13.2 Å². The third-order valence-electron chi connectivity index (χ3n) is 3.57. The van der Waals surface area contributed by atoms with Crippen molar-refractivity contribution in [3.8, 4) is 5.75 Å². The van der Waals surface area contributed by atoms with Crippen molar-refractivity contribution in [2.45, 2.75) is 31.2 Å². The van der Waals surface area contributed by atoms with Crippen LogP contribution in [0.2, 0.25) is 0 Å². The Hall–Kier alpha value is -1.96. The van der Waals surface area contributed by atoms with Crippen LogP contribution in [0.25, 0.3) is 0 Å². The van der Waals surface area contributed by atoms with Crippen LogP contribution in [-0.4, -0.2) is 38.6 Å². The average Bonchev–Trinajstić information content (AvgIpc) is 3.03. The molecule has 2 amide bonds. The van der Waals surface area contributed by atoms with E-state index < -0.39 is 18.2 Å².